The number of rotatable bonds is 6. The van der Waals surface area contributed by atoms with Crippen molar-refractivity contribution < 1.29 is 0 Å². The van der Waals surface area contributed by atoms with Crippen molar-refractivity contribution >= 4 is 11.8 Å². The molecule has 0 radical (unpaired) electrons. The van der Waals surface area contributed by atoms with Gasteiger partial charge in [0.2, 0.25) is 0 Å². The number of aryl methyl sites for hydroxylation is 1. The molecule has 0 aliphatic rings. The molecule has 1 aromatic heterocycles. The molecule has 4 nitrogen and oxygen atoms in total. The molecular formula is C14H20N4S. The molecule has 0 aliphatic heterocycles. The highest BCUT2D eigenvalue weighted by Crippen LogP contribution is 2.24. The van der Waals surface area contributed by atoms with Gasteiger partial charge in [-0.15, -0.1) is 22.0 Å². The van der Waals surface area contributed by atoms with Gasteiger partial charge in [-0.25, -0.2) is 0 Å². The fourth-order valence-electron chi connectivity index (χ4n) is 1.88. The lowest BCUT2D eigenvalue weighted by Crippen LogP contribution is -2.17. The minimum atomic E-state index is 0.389. The van der Waals surface area contributed by atoms with Crippen molar-refractivity contribution in [2.45, 2.75) is 30.5 Å². The molecule has 0 bridgehead atoms. The van der Waals surface area contributed by atoms with E-state index in [1.807, 2.05) is 11.6 Å². The summed E-state index contributed by atoms with van der Waals surface area (Å²) >= 11 is 1.79. The van der Waals surface area contributed by atoms with Crippen LogP contribution in [0, 0.1) is 0 Å². The number of benzene rings is 1. The van der Waals surface area contributed by atoms with Crippen molar-refractivity contribution in [3.8, 4) is 0 Å². The molecule has 0 aliphatic carbocycles. The summed E-state index contributed by atoms with van der Waals surface area (Å²) in [7, 11) is 1.97. The lowest BCUT2D eigenvalue weighted by molar-refractivity contribution is 0.597. The zero-order chi connectivity index (χ0) is 13.7. The van der Waals surface area contributed by atoms with E-state index < -0.39 is 0 Å². The second-order valence-corrected chi connectivity index (χ2v) is 5.55. The second-order valence-electron chi connectivity index (χ2n) is 4.50. The summed E-state index contributed by atoms with van der Waals surface area (Å²) in [6.07, 6.45) is 1.74. The molecule has 0 fully saturated rings. The minimum Gasteiger partial charge on any atom is -0.320 e. The Morgan fingerprint density at radius 2 is 2.26 bits per heavy atom. The van der Waals surface area contributed by atoms with Crippen molar-refractivity contribution in [3.63, 3.8) is 0 Å². The summed E-state index contributed by atoms with van der Waals surface area (Å²) in [6.45, 7) is 5.30. The smallest absolute Gasteiger partial charge is 0.142 e. The van der Waals surface area contributed by atoms with Gasteiger partial charge in [-0.05, 0) is 31.2 Å². The molecule has 2 aromatic rings. The third-order valence-electron chi connectivity index (χ3n) is 3.04. The molecule has 0 amide bonds. The summed E-state index contributed by atoms with van der Waals surface area (Å²) in [4.78, 5) is 1.27. The van der Waals surface area contributed by atoms with E-state index in [1.54, 1.807) is 18.1 Å². The van der Waals surface area contributed by atoms with Gasteiger partial charge in [-0.1, -0.05) is 19.1 Å². The maximum atomic E-state index is 4.10. The van der Waals surface area contributed by atoms with E-state index in [2.05, 4.69) is 53.6 Å². The highest BCUT2D eigenvalue weighted by atomic mass is 32.2. The predicted octanol–water partition coefficient (Wildman–Crippen LogP) is 2.78. The van der Waals surface area contributed by atoms with Crippen LogP contribution in [-0.4, -0.2) is 21.3 Å². The number of nitrogens with zero attached hydrogens (tertiary/aromatic N) is 3. The zero-order valence-electron chi connectivity index (χ0n) is 11.6. The average Bonchev–Trinajstić information content (AvgIpc) is 2.82. The molecule has 1 aromatic carbocycles. The first kappa shape index (κ1) is 14.1. The molecule has 1 heterocycles. The number of hydrogen-bond acceptors (Lipinski definition) is 4. The van der Waals surface area contributed by atoms with Crippen LogP contribution in [0.25, 0.3) is 0 Å². The summed E-state index contributed by atoms with van der Waals surface area (Å²) < 4.78 is 1.96. The highest BCUT2D eigenvalue weighted by Gasteiger charge is 2.06. The van der Waals surface area contributed by atoms with Gasteiger partial charge in [0.05, 0.1) is 5.75 Å². The standard InChI is InChI=1S/C14H20N4S/c1-4-15-11(2)12-6-5-7-13(8-12)19-9-14-17-16-10-18(14)3/h5-8,10-11,15H,4,9H2,1-3H3. The topological polar surface area (TPSA) is 42.7 Å². The van der Waals surface area contributed by atoms with E-state index in [1.165, 1.54) is 10.5 Å². The van der Waals surface area contributed by atoms with Crippen LogP contribution < -0.4 is 5.32 Å². The Morgan fingerprint density at radius 1 is 1.42 bits per heavy atom. The maximum absolute atomic E-state index is 4.10. The van der Waals surface area contributed by atoms with Gasteiger partial charge in [0.15, 0.2) is 0 Å². The Labute approximate surface area is 118 Å². The Kier molecular flexibility index (Phi) is 4.99. The molecule has 0 saturated carbocycles. The summed E-state index contributed by atoms with van der Waals surface area (Å²) in [5.41, 5.74) is 1.32. The SMILES string of the molecule is CCNC(C)c1cccc(SCc2nncn2C)c1. The van der Waals surface area contributed by atoms with Crippen molar-refractivity contribution in [2.24, 2.45) is 7.05 Å². The van der Waals surface area contributed by atoms with Crippen LogP contribution in [0.15, 0.2) is 35.5 Å². The Balaban J connectivity index is 2.01. The van der Waals surface area contributed by atoms with E-state index in [-0.39, 0.29) is 0 Å². The van der Waals surface area contributed by atoms with Crippen molar-refractivity contribution in [1.82, 2.24) is 20.1 Å². The molecule has 19 heavy (non-hydrogen) atoms. The van der Waals surface area contributed by atoms with Gasteiger partial charge in [-0.2, -0.15) is 0 Å². The average molecular weight is 276 g/mol. The Morgan fingerprint density at radius 3 is 2.95 bits per heavy atom. The number of nitrogens with one attached hydrogen (secondary N) is 1. The first-order valence-corrected chi connectivity index (χ1v) is 7.48. The predicted molar refractivity (Wildman–Crippen MR) is 79.1 cm³/mol. The summed E-state index contributed by atoms with van der Waals surface area (Å²) in [6, 6.07) is 9.06. The van der Waals surface area contributed by atoms with Crippen LogP contribution in [0.3, 0.4) is 0 Å². The van der Waals surface area contributed by atoms with Crippen LogP contribution in [0.5, 0.6) is 0 Å². The molecule has 0 saturated heterocycles. The number of hydrogen-bond donors (Lipinski definition) is 1. The lowest BCUT2D eigenvalue weighted by atomic mass is 10.1. The van der Waals surface area contributed by atoms with Crippen LogP contribution in [0.2, 0.25) is 0 Å². The van der Waals surface area contributed by atoms with Gasteiger partial charge < -0.3 is 9.88 Å². The van der Waals surface area contributed by atoms with Gasteiger partial charge in [0.25, 0.3) is 0 Å². The van der Waals surface area contributed by atoms with E-state index in [4.69, 9.17) is 0 Å². The van der Waals surface area contributed by atoms with E-state index >= 15 is 0 Å². The van der Waals surface area contributed by atoms with Crippen LogP contribution >= 0.6 is 11.8 Å². The quantitative estimate of drug-likeness (QED) is 0.824. The van der Waals surface area contributed by atoms with E-state index in [0.717, 1.165) is 18.1 Å². The fraction of sp³-hybridized carbons (Fsp3) is 0.429. The molecule has 102 valence electrons. The van der Waals surface area contributed by atoms with Crippen molar-refractivity contribution in [3.05, 3.63) is 42.0 Å². The fourth-order valence-corrected chi connectivity index (χ4v) is 2.83. The van der Waals surface area contributed by atoms with Crippen molar-refractivity contribution in [2.75, 3.05) is 6.54 Å². The number of thioether (sulfide) groups is 1. The first-order valence-electron chi connectivity index (χ1n) is 6.49. The van der Waals surface area contributed by atoms with E-state index in [9.17, 15) is 0 Å². The van der Waals surface area contributed by atoms with E-state index in [0.29, 0.717) is 6.04 Å². The first-order chi connectivity index (χ1) is 9.20. The van der Waals surface area contributed by atoms with Crippen LogP contribution in [0.1, 0.15) is 31.3 Å². The minimum absolute atomic E-state index is 0.389. The maximum Gasteiger partial charge on any atom is 0.142 e. The van der Waals surface area contributed by atoms with Gasteiger partial charge in [-0.3, -0.25) is 0 Å². The molecule has 1 atom stereocenters. The third-order valence-corrected chi connectivity index (χ3v) is 4.03. The molecular weight excluding hydrogens is 256 g/mol. The van der Waals surface area contributed by atoms with Crippen LogP contribution in [0.4, 0.5) is 0 Å². The van der Waals surface area contributed by atoms with Gasteiger partial charge in [0.1, 0.15) is 12.2 Å². The van der Waals surface area contributed by atoms with Crippen LogP contribution in [-0.2, 0) is 12.8 Å². The lowest BCUT2D eigenvalue weighted by Gasteiger charge is -2.13. The largest absolute Gasteiger partial charge is 0.320 e. The highest BCUT2D eigenvalue weighted by molar-refractivity contribution is 7.98. The Bertz CT molecular complexity index is 524. The van der Waals surface area contributed by atoms with Gasteiger partial charge >= 0.3 is 0 Å². The van der Waals surface area contributed by atoms with Gasteiger partial charge in [0, 0.05) is 18.0 Å². The molecule has 5 heteroatoms. The van der Waals surface area contributed by atoms with Crippen molar-refractivity contribution in [1.29, 1.82) is 0 Å². The zero-order valence-corrected chi connectivity index (χ0v) is 12.4. The molecule has 1 unspecified atom stereocenters. The third kappa shape index (κ3) is 3.81. The number of aromatic nitrogens is 3. The summed E-state index contributed by atoms with van der Waals surface area (Å²) in [5.74, 6) is 1.84. The molecule has 2 rings (SSSR count). The summed E-state index contributed by atoms with van der Waals surface area (Å²) in [5, 5.41) is 11.4. The molecule has 1 N–H and O–H groups in total. The Hall–Kier alpha value is -1.33. The monoisotopic (exact) mass is 276 g/mol. The second kappa shape index (κ2) is 6.73. The normalized spacial score (nSPS) is 12.6. The molecule has 0 spiro atoms.